The van der Waals surface area contributed by atoms with Crippen LogP contribution in [0.1, 0.15) is 37.4 Å². The Balaban J connectivity index is 0.000000129. The van der Waals surface area contributed by atoms with Crippen LogP contribution >= 0.6 is 46.9 Å². The Kier molecular flexibility index (Phi) is 24.3. The first-order valence-electron chi connectivity index (χ1n) is 38.5. The molecule has 6 unspecified atom stereocenters. The second-order valence-electron chi connectivity index (χ2n) is 30.1. The van der Waals surface area contributed by atoms with E-state index in [4.69, 9.17) is 106 Å². The van der Waals surface area contributed by atoms with E-state index in [1.165, 1.54) is 55.7 Å². The van der Waals surface area contributed by atoms with Crippen molar-refractivity contribution >= 4 is 137 Å². The quantitative estimate of drug-likeness (QED) is 0.0689. The number of hydrogen-bond acceptors (Lipinski definition) is 52. The predicted molar refractivity (Wildman–Crippen MR) is 421 cm³/mol. The van der Waals surface area contributed by atoms with Gasteiger partial charge in [-0.05, 0) is 6.07 Å². The number of nitrogen functional groups attached to an aromatic ring is 4. The van der Waals surface area contributed by atoms with E-state index in [9.17, 15) is 102 Å². The number of pyridine rings is 1. The van der Waals surface area contributed by atoms with Crippen LogP contribution in [0, 0.1) is 0 Å². The lowest BCUT2D eigenvalue weighted by molar-refractivity contribution is -0.0673. The Morgan fingerprint density at radius 3 is 1.11 bits per heavy atom. The van der Waals surface area contributed by atoms with Gasteiger partial charge in [0.15, 0.2) is 93.8 Å². The summed E-state index contributed by atoms with van der Waals surface area (Å²) < 4.78 is 183. The zero-order valence-electron chi connectivity index (χ0n) is 66.2. The van der Waals surface area contributed by atoms with E-state index in [0.29, 0.717) is 0 Å². The van der Waals surface area contributed by atoms with Crippen molar-refractivity contribution in [2.75, 3.05) is 62.6 Å². The minimum absolute atomic E-state index is 0.0236. The Labute approximate surface area is 732 Å². The van der Waals surface area contributed by atoms with Gasteiger partial charge in [-0.25, -0.2) is 92.4 Å². The van der Waals surface area contributed by atoms with E-state index in [-0.39, 0.29) is 90.1 Å². The van der Waals surface area contributed by atoms with Crippen molar-refractivity contribution in [1.82, 2.24) is 118 Å². The van der Waals surface area contributed by atoms with Gasteiger partial charge >= 0.3 is 46.9 Å². The third-order valence-electron chi connectivity index (χ3n) is 21.8. The Morgan fingerprint density at radius 2 is 0.677 bits per heavy atom. The van der Waals surface area contributed by atoms with Crippen LogP contribution in [0.4, 0.5) is 23.3 Å². The summed E-state index contributed by atoms with van der Waals surface area (Å²) in [6.07, 6.45) is -25.6. The van der Waals surface area contributed by atoms with Crippen LogP contribution < -0.4 is 39.6 Å². The summed E-state index contributed by atoms with van der Waals surface area (Å²) in [5, 5.41) is 81.5. The first kappa shape index (κ1) is 92.2. The molecule has 23 N–H and O–H groups in total. The number of aliphatic hydroxyl groups excluding tert-OH is 6. The highest BCUT2D eigenvalue weighted by molar-refractivity contribution is 7.48. The molecule has 0 saturated carbocycles. The molecule has 12 aromatic heterocycles. The van der Waals surface area contributed by atoms with Crippen LogP contribution in [-0.2, 0) is 110 Å². The maximum absolute atomic E-state index is 13.2. The fraction of sp³-hybridized carbons (Fsp3) is 0.500. The van der Waals surface area contributed by atoms with Gasteiger partial charge in [-0.15, -0.1) is 5.10 Å². The number of nitrogens with one attached hydrogen (secondary N) is 3. The molecule has 9 saturated heterocycles. The number of aromatic nitrogens is 24. The van der Waals surface area contributed by atoms with Crippen LogP contribution in [0.2, 0.25) is 0 Å². The van der Waals surface area contributed by atoms with Crippen molar-refractivity contribution < 1.29 is 170 Å². The van der Waals surface area contributed by atoms with Gasteiger partial charge in [0.2, 0.25) is 5.95 Å². The van der Waals surface area contributed by atoms with Crippen LogP contribution in [0.15, 0.2) is 83.5 Å². The average molecular weight is 1990 g/mol. The number of imidazole rings is 6. The Morgan fingerprint density at radius 1 is 0.346 bits per heavy atom. The standard InChI is InChI=1S/C21H25N9O13P2.C20H23N9O13P2.C19H22N10O13P2/c22-7-1-2-24-16-10(7)25-5-29(16)19-13(32)14-9(41-19)4-39-45(36,37)43-15-12(31)8(3-38-44(34,35)42-14)40-20(15)30-6-26-11-17(30)27-21(23)28-18(11)33;21-16-11-17(23-4-22-16)29(6-25-11)19-13(31)14-9(40-19)3-38-44(35,36)42-15-12(30)8(2-37-43(33,34)41-14)39-20(15)28-5-24-10-7(28)1-26-27-18(10)32;20-14-8-15(22-3-21-14)28(4-23-8)19-13-10(30)6(39-19)1-37-43(33,34)41-12-7(2-38-44(35,36)42-13)40-18(11(12)31)29-5-24-9-16(29)25-27-26-17(9)32/h1-2,5-6,8-9,12-15,19-20,31-32H,3-4H2,(H2,22,24)(H,34,35)(H,36,37)(H3,23,27,28,33);1,4-6,8-9,12-15,19-20,30-31H,2-3H2,(H,27,32)(H,33,34)(H,35,36)(H2,21,22,23);3-7,10-13,18-19,30-31H,1-2H2,(H,33,34)(H,35,36)(H2,20,21,22)(H,25,26,32)/t2*8-,9-,12-,13-,14-,15-,19-,20-;6-,7-,10-,11-,12-,13-,18-,19-/m111/s1. The van der Waals surface area contributed by atoms with Crippen molar-refractivity contribution in [2.45, 2.75) is 147 Å². The molecule has 12 aromatic rings. The summed E-state index contributed by atoms with van der Waals surface area (Å²) in [6.45, 7) is -4.87. The lowest BCUT2D eigenvalue weighted by Crippen LogP contribution is -2.36. The summed E-state index contributed by atoms with van der Waals surface area (Å²) in [5.74, 6) is -0.217. The van der Waals surface area contributed by atoms with Gasteiger partial charge in [0, 0.05) is 6.20 Å². The zero-order chi connectivity index (χ0) is 93.8. The number of phosphoric ester groups is 6. The molecular weight excluding hydrogens is 1920 g/mol. The minimum Gasteiger partial charge on any atom is -0.397 e. The molecule has 133 heavy (non-hydrogen) atoms. The van der Waals surface area contributed by atoms with E-state index < -0.39 is 250 Å². The van der Waals surface area contributed by atoms with E-state index in [0.717, 1.165) is 40.8 Å². The summed E-state index contributed by atoms with van der Waals surface area (Å²) in [6, 6.07) is 1.51. The monoisotopic (exact) mass is 1990 g/mol. The largest absolute Gasteiger partial charge is 0.472 e. The zero-order valence-corrected chi connectivity index (χ0v) is 71.6. The maximum Gasteiger partial charge on any atom is 0.472 e. The molecule has 9 aliphatic rings. The second-order valence-corrected chi connectivity index (χ2v) is 38.5. The molecule has 67 nitrogen and oxygen atoms in total. The first-order chi connectivity index (χ1) is 63.2. The van der Waals surface area contributed by atoms with Crippen LogP contribution in [0.5, 0.6) is 0 Å². The van der Waals surface area contributed by atoms with Crippen molar-refractivity contribution in [2.24, 2.45) is 0 Å². The number of rotatable bonds is 6. The minimum atomic E-state index is -5.11. The van der Waals surface area contributed by atoms with E-state index in [1.807, 2.05) is 0 Å². The molecule has 21 rings (SSSR count). The third-order valence-corrected chi connectivity index (χ3v) is 27.8. The number of anilines is 4. The van der Waals surface area contributed by atoms with Gasteiger partial charge in [0.25, 0.3) is 16.7 Å². The lowest BCUT2D eigenvalue weighted by Gasteiger charge is -2.26. The van der Waals surface area contributed by atoms with Gasteiger partial charge in [0.05, 0.1) is 95.0 Å². The fourth-order valence-corrected chi connectivity index (χ4v) is 21.5. The number of ether oxygens (including phenoxy) is 6. The predicted octanol–water partition coefficient (Wildman–Crippen LogP) is -6.19. The summed E-state index contributed by atoms with van der Waals surface area (Å²) in [7, 11) is -30.4. The topological polar surface area (TPSA) is 937 Å². The summed E-state index contributed by atoms with van der Waals surface area (Å²) >= 11 is 0. The van der Waals surface area contributed by atoms with Crippen molar-refractivity contribution in [3.8, 4) is 0 Å². The highest BCUT2D eigenvalue weighted by atomic mass is 31.2. The highest BCUT2D eigenvalue weighted by Crippen LogP contribution is 2.59. The number of hydrogen-bond donors (Lipinski definition) is 19. The number of aromatic amines is 3. The molecule has 21 heterocycles. The van der Waals surface area contributed by atoms with Gasteiger partial charge in [-0.1, -0.05) is 5.21 Å². The van der Waals surface area contributed by atoms with Crippen LogP contribution in [0.25, 0.3) is 66.9 Å². The highest BCUT2D eigenvalue weighted by Gasteiger charge is 2.59. The molecule has 0 spiro atoms. The number of nitrogens with zero attached hydrogens (tertiary/aromatic N) is 21. The Hall–Kier alpha value is -9.92. The number of nitrogens with two attached hydrogens (primary N) is 4. The molecule has 30 atom stereocenters. The van der Waals surface area contributed by atoms with Gasteiger partial charge in [-0.3, -0.25) is 101 Å². The average Bonchev–Trinajstić information content (AvgIpc) is 1.65. The molecule has 6 bridgehead atoms. The van der Waals surface area contributed by atoms with Gasteiger partial charge in [0.1, 0.15) is 139 Å². The Bertz CT molecular complexity index is 6990. The summed E-state index contributed by atoms with van der Waals surface area (Å²) in [4.78, 5) is 151. The van der Waals surface area contributed by atoms with E-state index in [2.05, 4.69) is 90.4 Å². The van der Waals surface area contributed by atoms with Crippen molar-refractivity contribution in [3.05, 3.63) is 100 Å². The number of phosphoric acid groups is 6. The molecule has 73 heteroatoms. The van der Waals surface area contributed by atoms with E-state index >= 15 is 0 Å². The molecule has 9 fully saturated rings. The molecule has 0 radical (unpaired) electrons. The number of aliphatic hydroxyl groups is 6. The van der Waals surface area contributed by atoms with Crippen molar-refractivity contribution in [1.29, 1.82) is 0 Å². The normalized spacial score (nSPS) is 38.1. The van der Waals surface area contributed by atoms with Crippen molar-refractivity contribution in [3.63, 3.8) is 0 Å². The smallest absolute Gasteiger partial charge is 0.397 e. The fourth-order valence-electron chi connectivity index (χ4n) is 15.8. The maximum atomic E-state index is 13.2. The van der Waals surface area contributed by atoms with Crippen LogP contribution in [0.3, 0.4) is 0 Å². The SMILES string of the molecule is Nc1nc2c(ncn2[C@@H]2O[C@@H]3COP(=O)(O)O[C@H]4[C@@H](O)[C@H](n5cnc6c(N)ccnc65)O[C@@H]4COP(=O)(O)O[C@@H]2[C@@H]3O)c(=O)[nH]1.Nc1ncnc2c1ncn2[C@@H]1O[C@@H]2COP(=O)(O)O[C@@H]3[C@H](O)[C@@H](COP(=O)(O)O[C@H]2[C@H]1O)O[C@H]3n1cnc2c(=O)[nH]ncc21.Nc1ncnc2c1ncn2[C@@H]1O[C@@H]2COP(=O)(O)O[C@H]3[C@@H](O)[C@H](n4cnc5c(=O)[nH]nnc54)O[C@@H]3COP(=O)(O)O[C@@H]1[C@@H]2O. The second kappa shape index (κ2) is 35.0. The van der Waals surface area contributed by atoms with Gasteiger partial charge in [-0.2, -0.15) is 10.1 Å². The molecule has 9 aliphatic heterocycles. The van der Waals surface area contributed by atoms with E-state index in [1.54, 1.807) is 0 Å². The van der Waals surface area contributed by atoms with Gasteiger partial charge < -0.3 is 111 Å². The molecule has 0 aliphatic carbocycles. The molecule has 0 aromatic carbocycles. The molecular formula is C60H70N28O39P6. The lowest BCUT2D eigenvalue weighted by atomic mass is 10.1. The number of fused-ring (bicyclic) bond motifs is 15. The first-order valence-corrected chi connectivity index (χ1v) is 47.4. The third kappa shape index (κ3) is 17.6. The summed E-state index contributed by atoms with van der Waals surface area (Å²) in [5.41, 5.74) is 22.1. The molecule has 714 valence electrons. The molecule has 0 amide bonds. The van der Waals surface area contributed by atoms with Crippen LogP contribution in [-0.4, -0.2) is 327 Å². The number of H-pyrrole nitrogens is 3.